The van der Waals surface area contributed by atoms with Crippen LogP contribution < -0.4 is 0 Å². The van der Waals surface area contributed by atoms with Crippen molar-refractivity contribution in [3.8, 4) is 22.5 Å². The maximum absolute atomic E-state index is 14.5. The lowest BCUT2D eigenvalue weighted by atomic mass is 10.0. The number of halogens is 2. The third kappa shape index (κ3) is 3.90. The van der Waals surface area contributed by atoms with Gasteiger partial charge in [0.2, 0.25) is 0 Å². The van der Waals surface area contributed by atoms with E-state index < -0.39 is 0 Å². The molecule has 0 N–H and O–H groups in total. The molecule has 152 valence electrons. The topological polar surface area (TPSA) is 17.8 Å². The van der Waals surface area contributed by atoms with E-state index in [0.717, 1.165) is 22.5 Å². The summed E-state index contributed by atoms with van der Waals surface area (Å²) < 4.78 is 16.3. The first kappa shape index (κ1) is 20.4. The molecular formula is C26H24ClFN2. The van der Waals surface area contributed by atoms with E-state index in [0.29, 0.717) is 10.6 Å². The molecule has 0 aliphatic rings. The third-order valence-corrected chi connectivity index (χ3v) is 6.11. The summed E-state index contributed by atoms with van der Waals surface area (Å²) in [4.78, 5) is 0. The Bertz CT molecular complexity index is 1220. The molecule has 0 saturated heterocycles. The van der Waals surface area contributed by atoms with E-state index >= 15 is 0 Å². The van der Waals surface area contributed by atoms with Crippen LogP contribution in [0.5, 0.6) is 0 Å². The minimum absolute atomic E-state index is 0.263. The molecule has 0 bridgehead atoms. The van der Waals surface area contributed by atoms with E-state index in [1.165, 1.54) is 28.3 Å². The zero-order valence-electron chi connectivity index (χ0n) is 17.6. The first-order valence-electron chi connectivity index (χ1n) is 9.99. The first-order chi connectivity index (χ1) is 14.3. The van der Waals surface area contributed by atoms with Crippen LogP contribution in [-0.2, 0) is 6.54 Å². The molecule has 0 aliphatic heterocycles. The van der Waals surface area contributed by atoms with Crippen LogP contribution in [-0.4, -0.2) is 9.78 Å². The number of nitrogens with zero attached hydrogens (tertiary/aromatic N) is 2. The molecule has 0 saturated carbocycles. The van der Waals surface area contributed by atoms with E-state index in [9.17, 15) is 4.39 Å². The van der Waals surface area contributed by atoms with Gasteiger partial charge in [-0.1, -0.05) is 41.9 Å². The Hall–Kier alpha value is -2.91. The average molecular weight is 419 g/mol. The Morgan fingerprint density at radius 3 is 2.07 bits per heavy atom. The van der Waals surface area contributed by atoms with Crippen LogP contribution in [0.4, 0.5) is 4.39 Å². The molecule has 0 spiro atoms. The molecule has 4 aromatic rings. The second-order valence-corrected chi connectivity index (χ2v) is 8.28. The summed E-state index contributed by atoms with van der Waals surface area (Å²) in [5.74, 6) is -0.322. The molecule has 1 heterocycles. The highest BCUT2D eigenvalue weighted by atomic mass is 35.5. The lowest BCUT2D eigenvalue weighted by molar-refractivity contribution is 0.587. The predicted molar refractivity (Wildman–Crippen MR) is 123 cm³/mol. The number of hydrogen-bond donors (Lipinski definition) is 0. The van der Waals surface area contributed by atoms with Crippen LogP contribution in [0.25, 0.3) is 22.5 Å². The molecular weight excluding hydrogens is 395 g/mol. The zero-order chi connectivity index (χ0) is 21.4. The van der Waals surface area contributed by atoms with Gasteiger partial charge in [0.05, 0.1) is 17.9 Å². The molecule has 0 atom stereocenters. The molecule has 0 fully saturated rings. The lowest BCUT2D eigenvalue weighted by Crippen LogP contribution is -2.06. The summed E-state index contributed by atoms with van der Waals surface area (Å²) in [6, 6.07) is 19.5. The van der Waals surface area contributed by atoms with Gasteiger partial charge in [0.25, 0.3) is 0 Å². The summed E-state index contributed by atoms with van der Waals surface area (Å²) in [6.45, 7) is 8.64. The average Bonchev–Trinajstić information content (AvgIpc) is 3.13. The highest BCUT2D eigenvalue weighted by molar-refractivity contribution is 6.31. The highest BCUT2D eigenvalue weighted by Gasteiger charge is 2.16. The molecule has 2 nitrogen and oxygen atoms in total. The molecule has 0 amide bonds. The molecule has 4 rings (SSSR count). The van der Waals surface area contributed by atoms with Crippen molar-refractivity contribution < 1.29 is 4.39 Å². The Morgan fingerprint density at radius 1 is 0.800 bits per heavy atom. The Balaban J connectivity index is 1.87. The molecule has 0 aliphatic carbocycles. The summed E-state index contributed by atoms with van der Waals surface area (Å²) in [5, 5.41) is 5.26. The van der Waals surface area contributed by atoms with Gasteiger partial charge in [0, 0.05) is 21.7 Å². The fourth-order valence-electron chi connectivity index (χ4n) is 3.55. The van der Waals surface area contributed by atoms with Crippen molar-refractivity contribution in [3.05, 3.63) is 99.3 Å². The molecule has 0 unspecified atom stereocenters. The van der Waals surface area contributed by atoms with Gasteiger partial charge in [-0.05, 0) is 80.3 Å². The van der Waals surface area contributed by atoms with Crippen molar-refractivity contribution in [2.75, 3.05) is 0 Å². The van der Waals surface area contributed by atoms with Crippen molar-refractivity contribution in [1.82, 2.24) is 9.78 Å². The van der Waals surface area contributed by atoms with Crippen LogP contribution in [0, 0.1) is 33.5 Å². The standard InChI is InChI=1S/C26H24ClFN2/c1-16-8-10-20(12-18(16)3)25-14-26(21-11-9-17(2)19(4)13-21)30(29-25)15-22-23(27)6-5-7-24(22)28/h5-14H,15H2,1-4H3. The summed E-state index contributed by atoms with van der Waals surface area (Å²) in [6.07, 6.45) is 0. The van der Waals surface area contributed by atoms with E-state index in [1.54, 1.807) is 12.1 Å². The third-order valence-electron chi connectivity index (χ3n) is 5.75. The normalized spacial score (nSPS) is 11.1. The van der Waals surface area contributed by atoms with Gasteiger partial charge >= 0.3 is 0 Å². The number of aromatic nitrogens is 2. The smallest absolute Gasteiger partial charge is 0.129 e. The minimum Gasteiger partial charge on any atom is -0.260 e. The zero-order valence-corrected chi connectivity index (χ0v) is 18.4. The second kappa shape index (κ2) is 8.08. The Kier molecular flexibility index (Phi) is 5.48. The maximum Gasteiger partial charge on any atom is 0.129 e. The Morgan fingerprint density at radius 2 is 1.43 bits per heavy atom. The first-order valence-corrected chi connectivity index (χ1v) is 10.4. The lowest BCUT2D eigenvalue weighted by Gasteiger charge is -2.11. The van der Waals surface area contributed by atoms with Crippen LogP contribution in [0.1, 0.15) is 27.8 Å². The number of hydrogen-bond acceptors (Lipinski definition) is 1. The van der Waals surface area contributed by atoms with Gasteiger partial charge in [-0.2, -0.15) is 5.10 Å². The summed E-state index contributed by atoms with van der Waals surface area (Å²) >= 11 is 6.30. The van der Waals surface area contributed by atoms with Crippen LogP contribution in [0.15, 0.2) is 60.7 Å². The predicted octanol–water partition coefficient (Wildman–Crippen LogP) is 7.29. The van der Waals surface area contributed by atoms with E-state index in [2.05, 4.69) is 70.2 Å². The van der Waals surface area contributed by atoms with Crippen molar-refractivity contribution >= 4 is 11.6 Å². The molecule has 3 aromatic carbocycles. The monoisotopic (exact) mass is 418 g/mol. The van der Waals surface area contributed by atoms with Crippen LogP contribution in [0.2, 0.25) is 5.02 Å². The fraction of sp³-hybridized carbons (Fsp3) is 0.192. The van der Waals surface area contributed by atoms with Gasteiger partial charge in [0.15, 0.2) is 0 Å². The Labute approximate surface area is 182 Å². The van der Waals surface area contributed by atoms with Crippen molar-refractivity contribution in [2.24, 2.45) is 0 Å². The maximum atomic E-state index is 14.5. The number of rotatable bonds is 4. The second-order valence-electron chi connectivity index (χ2n) is 7.87. The van der Waals surface area contributed by atoms with Gasteiger partial charge in [0.1, 0.15) is 5.82 Å². The van der Waals surface area contributed by atoms with E-state index in [4.69, 9.17) is 16.7 Å². The number of aryl methyl sites for hydroxylation is 4. The molecule has 1 aromatic heterocycles. The summed E-state index contributed by atoms with van der Waals surface area (Å²) in [5.41, 5.74) is 9.23. The van der Waals surface area contributed by atoms with Crippen molar-refractivity contribution in [2.45, 2.75) is 34.2 Å². The van der Waals surface area contributed by atoms with E-state index in [1.807, 2.05) is 4.68 Å². The van der Waals surface area contributed by atoms with Crippen LogP contribution >= 0.6 is 11.6 Å². The van der Waals surface area contributed by atoms with Gasteiger partial charge in [-0.25, -0.2) is 4.39 Å². The molecule has 0 radical (unpaired) electrons. The summed E-state index contributed by atoms with van der Waals surface area (Å²) in [7, 11) is 0. The quantitative estimate of drug-likeness (QED) is 0.340. The fourth-order valence-corrected chi connectivity index (χ4v) is 3.77. The highest BCUT2D eigenvalue weighted by Crippen LogP contribution is 2.30. The largest absolute Gasteiger partial charge is 0.260 e. The van der Waals surface area contributed by atoms with Crippen LogP contribution in [0.3, 0.4) is 0 Å². The SMILES string of the molecule is Cc1ccc(-c2cc(-c3ccc(C)c(C)c3)n(Cc3c(F)cccc3Cl)n2)cc1C. The van der Waals surface area contributed by atoms with Gasteiger partial charge in [-0.3, -0.25) is 4.68 Å². The van der Waals surface area contributed by atoms with Crippen molar-refractivity contribution in [1.29, 1.82) is 0 Å². The van der Waals surface area contributed by atoms with E-state index in [-0.39, 0.29) is 12.4 Å². The van der Waals surface area contributed by atoms with Gasteiger partial charge < -0.3 is 0 Å². The molecule has 4 heteroatoms. The van der Waals surface area contributed by atoms with Crippen molar-refractivity contribution in [3.63, 3.8) is 0 Å². The molecule has 30 heavy (non-hydrogen) atoms. The minimum atomic E-state index is -0.322. The van der Waals surface area contributed by atoms with Gasteiger partial charge in [-0.15, -0.1) is 0 Å². The number of benzene rings is 3.